The minimum atomic E-state index is 0.598. The van der Waals surface area contributed by atoms with Gasteiger partial charge in [-0.15, -0.1) is 6.58 Å². The summed E-state index contributed by atoms with van der Waals surface area (Å²) in [5.74, 6) is 0. The van der Waals surface area contributed by atoms with Crippen molar-refractivity contribution in [3.8, 4) is 0 Å². The first-order chi connectivity index (χ1) is 8.27. The predicted molar refractivity (Wildman–Crippen MR) is 76.4 cm³/mol. The third kappa shape index (κ3) is 5.18. The molecule has 1 heteroatoms. The molecule has 1 rings (SSSR count). The standard InChI is InChI=1S/C16H25N/c1-4-6-7-12-16(17-5-2)13-15-11-9-8-10-14(15)3/h4,8-11,16-17H,1,5-7,12-13H2,2-3H3. The first-order valence-electron chi connectivity index (χ1n) is 6.66. The molecule has 0 fully saturated rings. The van der Waals surface area contributed by atoms with E-state index in [9.17, 15) is 0 Å². The van der Waals surface area contributed by atoms with E-state index in [0.717, 1.165) is 19.4 Å². The fourth-order valence-electron chi connectivity index (χ4n) is 2.18. The number of unbranched alkanes of at least 4 members (excludes halogenated alkanes) is 1. The molecular formula is C16H25N. The van der Waals surface area contributed by atoms with E-state index in [1.54, 1.807) is 0 Å². The van der Waals surface area contributed by atoms with Crippen LogP contribution >= 0.6 is 0 Å². The summed E-state index contributed by atoms with van der Waals surface area (Å²) in [6, 6.07) is 9.28. The first-order valence-corrected chi connectivity index (χ1v) is 6.66. The summed E-state index contributed by atoms with van der Waals surface area (Å²) in [5, 5.41) is 3.58. The van der Waals surface area contributed by atoms with Crippen LogP contribution in [-0.4, -0.2) is 12.6 Å². The molecule has 0 aliphatic rings. The van der Waals surface area contributed by atoms with Crippen molar-refractivity contribution in [3.63, 3.8) is 0 Å². The Morgan fingerprint density at radius 1 is 1.35 bits per heavy atom. The lowest BCUT2D eigenvalue weighted by Gasteiger charge is -2.18. The fraction of sp³-hybridized carbons (Fsp3) is 0.500. The van der Waals surface area contributed by atoms with Crippen LogP contribution < -0.4 is 5.32 Å². The maximum atomic E-state index is 3.78. The normalized spacial score (nSPS) is 12.4. The van der Waals surface area contributed by atoms with Gasteiger partial charge in [0.2, 0.25) is 0 Å². The van der Waals surface area contributed by atoms with Crippen molar-refractivity contribution in [1.82, 2.24) is 5.32 Å². The summed E-state index contributed by atoms with van der Waals surface area (Å²) in [5.41, 5.74) is 2.87. The summed E-state index contributed by atoms with van der Waals surface area (Å²) >= 11 is 0. The third-order valence-electron chi connectivity index (χ3n) is 3.18. The van der Waals surface area contributed by atoms with Gasteiger partial charge in [0.25, 0.3) is 0 Å². The molecule has 94 valence electrons. The van der Waals surface area contributed by atoms with Crippen LogP contribution in [0.3, 0.4) is 0 Å². The Morgan fingerprint density at radius 2 is 2.12 bits per heavy atom. The molecule has 0 bridgehead atoms. The molecule has 0 spiro atoms. The second-order valence-corrected chi connectivity index (χ2v) is 4.60. The Bertz CT molecular complexity index is 330. The first kappa shape index (κ1) is 14.0. The van der Waals surface area contributed by atoms with Crippen LogP contribution in [0.15, 0.2) is 36.9 Å². The lowest BCUT2D eigenvalue weighted by molar-refractivity contribution is 0.477. The smallest absolute Gasteiger partial charge is 0.0108 e. The zero-order valence-corrected chi connectivity index (χ0v) is 11.2. The molecule has 1 nitrogen and oxygen atoms in total. The highest BCUT2D eigenvalue weighted by atomic mass is 14.9. The monoisotopic (exact) mass is 231 g/mol. The van der Waals surface area contributed by atoms with Crippen molar-refractivity contribution in [2.45, 2.75) is 45.6 Å². The highest BCUT2D eigenvalue weighted by Gasteiger charge is 2.08. The van der Waals surface area contributed by atoms with E-state index in [-0.39, 0.29) is 0 Å². The van der Waals surface area contributed by atoms with Crippen molar-refractivity contribution in [3.05, 3.63) is 48.0 Å². The van der Waals surface area contributed by atoms with Crippen LogP contribution in [0.5, 0.6) is 0 Å². The lowest BCUT2D eigenvalue weighted by atomic mass is 9.97. The van der Waals surface area contributed by atoms with Gasteiger partial charge in [-0.25, -0.2) is 0 Å². The van der Waals surface area contributed by atoms with Gasteiger partial charge in [0.15, 0.2) is 0 Å². The molecule has 1 aromatic rings. The molecule has 0 heterocycles. The number of nitrogens with one attached hydrogen (secondary N) is 1. The molecular weight excluding hydrogens is 206 g/mol. The highest BCUT2D eigenvalue weighted by Crippen LogP contribution is 2.13. The van der Waals surface area contributed by atoms with E-state index >= 15 is 0 Å². The van der Waals surface area contributed by atoms with Gasteiger partial charge in [-0.3, -0.25) is 0 Å². The number of benzene rings is 1. The van der Waals surface area contributed by atoms with E-state index in [1.807, 2.05) is 6.08 Å². The molecule has 0 aromatic heterocycles. The van der Waals surface area contributed by atoms with Crippen LogP contribution in [0.4, 0.5) is 0 Å². The zero-order chi connectivity index (χ0) is 12.5. The Morgan fingerprint density at radius 3 is 2.76 bits per heavy atom. The molecule has 0 aliphatic heterocycles. The molecule has 0 aliphatic carbocycles. The van der Waals surface area contributed by atoms with E-state index in [1.165, 1.54) is 24.0 Å². The van der Waals surface area contributed by atoms with Crippen LogP contribution in [0.25, 0.3) is 0 Å². The molecule has 0 saturated heterocycles. The average molecular weight is 231 g/mol. The van der Waals surface area contributed by atoms with Crippen LogP contribution in [0.2, 0.25) is 0 Å². The van der Waals surface area contributed by atoms with Crippen molar-refractivity contribution < 1.29 is 0 Å². The van der Waals surface area contributed by atoms with Gasteiger partial charge in [-0.05, 0) is 50.3 Å². The molecule has 1 N–H and O–H groups in total. The number of likely N-dealkylation sites (N-methyl/N-ethyl adjacent to an activating group) is 1. The molecule has 0 radical (unpaired) electrons. The second-order valence-electron chi connectivity index (χ2n) is 4.60. The quantitative estimate of drug-likeness (QED) is 0.529. The summed E-state index contributed by atoms with van der Waals surface area (Å²) in [7, 11) is 0. The molecule has 1 atom stereocenters. The number of hydrogen-bond donors (Lipinski definition) is 1. The highest BCUT2D eigenvalue weighted by molar-refractivity contribution is 5.26. The summed E-state index contributed by atoms with van der Waals surface area (Å²) in [6.07, 6.45) is 6.73. The van der Waals surface area contributed by atoms with Crippen molar-refractivity contribution in [1.29, 1.82) is 0 Å². The van der Waals surface area contributed by atoms with E-state index in [2.05, 4.69) is 50.0 Å². The number of rotatable bonds is 8. The van der Waals surface area contributed by atoms with E-state index in [4.69, 9.17) is 0 Å². The van der Waals surface area contributed by atoms with Gasteiger partial charge in [-0.1, -0.05) is 37.3 Å². The minimum absolute atomic E-state index is 0.598. The van der Waals surface area contributed by atoms with Gasteiger partial charge >= 0.3 is 0 Å². The molecule has 1 unspecified atom stereocenters. The Hall–Kier alpha value is -1.08. The molecule has 0 saturated carbocycles. The minimum Gasteiger partial charge on any atom is -0.314 e. The largest absolute Gasteiger partial charge is 0.314 e. The average Bonchev–Trinajstić information content (AvgIpc) is 2.32. The Kier molecular flexibility index (Phi) is 6.64. The third-order valence-corrected chi connectivity index (χ3v) is 3.18. The number of hydrogen-bond acceptors (Lipinski definition) is 1. The zero-order valence-electron chi connectivity index (χ0n) is 11.2. The second kappa shape index (κ2) is 8.08. The van der Waals surface area contributed by atoms with Gasteiger partial charge in [0.05, 0.1) is 0 Å². The Labute approximate surface area is 106 Å². The summed E-state index contributed by atoms with van der Waals surface area (Å²) < 4.78 is 0. The number of aryl methyl sites for hydroxylation is 1. The van der Waals surface area contributed by atoms with Gasteiger partial charge in [0.1, 0.15) is 0 Å². The van der Waals surface area contributed by atoms with Crippen LogP contribution in [0, 0.1) is 6.92 Å². The van der Waals surface area contributed by atoms with Crippen molar-refractivity contribution >= 4 is 0 Å². The van der Waals surface area contributed by atoms with Crippen molar-refractivity contribution in [2.75, 3.05) is 6.54 Å². The molecule has 17 heavy (non-hydrogen) atoms. The lowest BCUT2D eigenvalue weighted by Crippen LogP contribution is -2.31. The summed E-state index contributed by atoms with van der Waals surface area (Å²) in [6.45, 7) is 9.20. The SMILES string of the molecule is C=CCCCC(Cc1ccccc1C)NCC. The maximum Gasteiger partial charge on any atom is 0.0108 e. The van der Waals surface area contributed by atoms with Gasteiger partial charge in [-0.2, -0.15) is 0 Å². The predicted octanol–water partition coefficient (Wildman–Crippen LogP) is 3.87. The van der Waals surface area contributed by atoms with Crippen molar-refractivity contribution in [2.24, 2.45) is 0 Å². The number of allylic oxidation sites excluding steroid dienone is 1. The maximum absolute atomic E-state index is 3.78. The topological polar surface area (TPSA) is 12.0 Å². The van der Waals surface area contributed by atoms with E-state index in [0.29, 0.717) is 6.04 Å². The van der Waals surface area contributed by atoms with Crippen LogP contribution in [0.1, 0.15) is 37.3 Å². The van der Waals surface area contributed by atoms with Gasteiger partial charge < -0.3 is 5.32 Å². The molecule has 0 amide bonds. The summed E-state index contributed by atoms with van der Waals surface area (Å²) in [4.78, 5) is 0. The van der Waals surface area contributed by atoms with E-state index < -0.39 is 0 Å². The fourth-order valence-corrected chi connectivity index (χ4v) is 2.18. The van der Waals surface area contributed by atoms with Crippen LogP contribution in [-0.2, 0) is 6.42 Å². The Balaban J connectivity index is 2.53. The molecule has 1 aromatic carbocycles. The van der Waals surface area contributed by atoms with Gasteiger partial charge in [0, 0.05) is 6.04 Å².